The first-order valence-electron chi connectivity index (χ1n) is 11.5. The van der Waals surface area contributed by atoms with Crippen molar-refractivity contribution in [3.05, 3.63) is 100 Å². The third-order valence-electron chi connectivity index (χ3n) is 7.18. The van der Waals surface area contributed by atoms with E-state index < -0.39 is 0 Å². The number of nitrogens with zero attached hydrogens (tertiary/aromatic N) is 2. The molecule has 3 atom stereocenters. The fourth-order valence-corrected chi connectivity index (χ4v) is 5.76. The minimum atomic E-state index is -0.0466. The molecule has 2 aliphatic heterocycles. The molecular weight excluding hydrogens is 432 g/mol. The first-order chi connectivity index (χ1) is 15.9. The molecule has 3 aromatic rings. The molecule has 0 aliphatic carbocycles. The number of amides is 1. The van der Waals surface area contributed by atoms with Gasteiger partial charge in [-0.15, -0.1) is 0 Å². The molecule has 2 heterocycles. The number of likely N-dealkylation sites (tertiary alicyclic amines) is 1. The van der Waals surface area contributed by atoms with Crippen LogP contribution in [0.1, 0.15) is 44.2 Å². The first-order valence-corrected chi connectivity index (χ1v) is 11.8. The topological polar surface area (TPSA) is 37.4 Å². The van der Waals surface area contributed by atoms with E-state index in [9.17, 15) is 9.59 Å². The standard InChI is InChI=1S/C28H28ClN2O2/c1-19-12-13-25-22(16-19)23-17-31(2,18-27(32)20-8-4-3-5-9-20)15-14-26(23)30(25)28(33)21-10-6-7-11-24(21)29/h3-13,16,23,26H,14-15,17-18H2,1-2H3/q+1/t23-,26+,31-/m0/s1. The molecule has 33 heavy (non-hydrogen) atoms. The van der Waals surface area contributed by atoms with E-state index in [0.29, 0.717) is 21.6 Å². The van der Waals surface area contributed by atoms with Crippen LogP contribution in [-0.4, -0.2) is 48.9 Å². The number of likely N-dealkylation sites (N-methyl/N-ethyl adjacent to an activating group) is 1. The van der Waals surface area contributed by atoms with Gasteiger partial charge in [0.15, 0.2) is 0 Å². The Kier molecular flexibility index (Phi) is 5.59. The Balaban J connectivity index is 1.47. The van der Waals surface area contributed by atoms with Gasteiger partial charge in [0.1, 0.15) is 6.54 Å². The van der Waals surface area contributed by atoms with Crippen molar-refractivity contribution in [2.45, 2.75) is 25.3 Å². The number of fused-ring (bicyclic) bond motifs is 3. The molecule has 1 amide bonds. The summed E-state index contributed by atoms with van der Waals surface area (Å²) in [6, 6.07) is 23.2. The molecule has 0 unspecified atom stereocenters. The molecular formula is C28H28ClN2O2+. The summed E-state index contributed by atoms with van der Waals surface area (Å²) in [4.78, 5) is 28.6. The van der Waals surface area contributed by atoms with Crippen molar-refractivity contribution in [3.8, 4) is 0 Å². The average molecular weight is 460 g/mol. The Hall–Kier alpha value is -2.95. The van der Waals surface area contributed by atoms with Gasteiger partial charge in [-0.3, -0.25) is 9.59 Å². The molecule has 1 fully saturated rings. The maximum absolute atomic E-state index is 13.7. The second-order valence-electron chi connectivity index (χ2n) is 9.65. The quantitative estimate of drug-likeness (QED) is 0.382. The molecule has 0 bridgehead atoms. The van der Waals surface area contributed by atoms with Crippen LogP contribution in [0.5, 0.6) is 0 Å². The number of hydrogen-bond acceptors (Lipinski definition) is 2. The Morgan fingerprint density at radius 1 is 1.03 bits per heavy atom. The maximum atomic E-state index is 13.7. The highest BCUT2D eigenvalue weighted by Gasteiger charge is 2.49. The van der Waals surface area contributed by atoms with E-state index in [1.54, 1.807) is 12.1 Å². The Morgan fingerprint density at radius 2 is 1.76 bits per heavy atom. The fraction of sp³-hybridized carbons (Fsp3) is 0.286. The monoisotopic (exact) mass is 459 g/mol. The molecule has 5 heteroatoms. The normalized spacial score (nSPS) is 23.7. The molecule has 168 valence electrons. The van der Waals surface area contributed by atoms with E-state index in [1.165, 1.54) is 11.1 Å². The van der Waals surface area contributed by atoms with E-state index in [1.807, 2.05) is 47.4 Å². The van der Waals surface area contributed by atoms with Crippen molar-refractivity contribution in [3.63, 3.8) is 0 Å². The molecule has 3 aromatic carbocycles. The number of ketones is 1. The van der Waals surface area contributed by atoms with E-state index in [4.69, 9.17) is 11.6 Å². The summed E-state index contributed by atoms with van der Waals surface area (Å²) in [6.07, 6.45) is 0.840. The highest BCUT2D eigenvalue weighted by Crippen LogP contribution is 2.47. The van der Waals surface area contributed by atoms with Crippen LogP contribution < -0.4 is 4.90 Å². The van der Waals surface area contributed by atoms with Gasteiger partial charge in [0.2, 0.25) is 5.78 Å². The summed E-state index contributed by atoms with van der Waals surface area (Å²) in [6.45, 7) is 4.22. The van der Waals surface area contributed by atoms with Gasteiger partial charge in [0, 0.05) is 17.7 Å². The zero-order valence-electron chi connectivity index (χ0n) is 19.0. The van der Waals surface area contributed by atoms with Crippen molar-refractivity contribution in [2.24, 2.45) is 0 Å². The van der Waals surface area contributed by atoms with Crippen molar-refractivity contribution in [2.75, 3.05) is 31.6 Å². The largest absolute Gasteiger partial charge is 0.319 e. The smallest absolute Gasteiger partial charge is 0.260 e. The SMILES string of the molecule is Cc1ccc2c(c1)[C@@H]1C[N@@+](C)(CC(=O)c3ccccc3)CC[C@H]1N2C(=O)c1ccccc1Cl. The lowest BCUT2D eigenvalue weighted by molar-refractivity contribution is -0.907. The highest BCUT2D eigenvalue weighted by molar-refractivity contribution is 6.34. The minimum absolute atomic E-state index is 0.0466. The van der Waals surface area contributed by atoms with Gasteiger partial charge in [-0.25, -0.2) is 0 Å². The number of rotatable bonds is 4. The van der Waals surface area contributed by atoms with Crippen molar-refractivity contribution in [1.82, 2.24) is 0 Å². The van der Waals surface area contributed by atoms with Gasteiger partial charge < -0.3 is 9.38 Å². The molecule has 0 radical (unpaired) electrons. The predicted molar refractivity (Wildman–Crippen MR) is 132 cm³/mol. The first kappa shape index (κ1) is 21.9. The van der Waals surface area contributed by atoms with Gasteiger partial charge in [0.05, 0.1) is 42.7 Å². The Morgan fingerprint density at radius 3 is 2.52 bits per heavy atom. The second-order valence-corrected chi connectivity index (χ2v) is 10.1. The van der Waals surface area contributed by atoms with Gasteiger partial charge in [0.25, 0.3) is 5.91 Å². The molecule has 1 saturated heterocycles. The van der Waals surface area contributed by atoms with E-state index in [2.05, 4.69) is 32.2 Å². The summed E-state index contributed by atoms with van der Waals surface area (Å²) in [5.74, 6) is 0.311. The van der Waals surface area contributed by atoms with Gasteiger partial charge in [-0.05, 0) is 30.7 Å². The van der Waals surface area contributed by atoms with Crippen molar-refractivity contribution >= 4 is 29.0 Å². The van der Waals surface area contributed by atoms with Crippen molar-refractivity contribution < 1.29 is 14.1 Å². The van der Waals surface area contributed by atoms with Gasteiger partial charge >= 0.3 is 0 Å². The van der Waals surface area contributed by atoms with Gasteiger partial charge in [-0.1, -0.05) is 71.8 Å². The van der Waals surface area contributed by atoms with Crippen LogP contribution in [0.2, 0.25) is 5.02 Å². The molecule has 0 saturated carbocycles. The lowest BCUT2D eigenvalue weighted by Gasteiger charge is -2.44. The third kappa shape index (κ3) is 3.98. The van der Waals surface area contributed by atoms with Crippen molar-refractivity contribution in [1.29, 1.82) is 0 Å². The summed E-state index contributed by atoms with van der Waals surface area (Å²) in [5.41, 5.74) is 4.66. The molecule has 0 aromatic heterocycles. The number of aryl methyl sites for hydroxylation is 1. The Bertz CT molecular complexity index is 1230. The highest BCUT2D eigenvalue weighted by atomic mass is 35.5. The Labute approximate surface area is 200 Å². The third-order valence-corrected chi connectivity index (χ3v) is 7.51. The number of hydrogen-bond donors (Lipinski definition) is 0. The van der Waals surface area contributed by atoms with Crippen LogP contribution in [0.4, 0.5) is 5.69 Å². The zero-order chi connectivity index (χ0) is 23.2. The number of piperidine rings is 1. The summed E-state index contributed by atoms with van der Waals surface area (Å²) in [7, 11) is 2.17. The number of anilines is 1. The van der Waals surface area contributed by atoms with Crippen LogP contribution in [0, 0.1) is 6.92 Å². The molecule has 2 aliphatic rings. The summed E-state index contributed by atoms with van der Waals surface area (Å²) in [5, 5.41) is 0.476. The lowest BCUT2D eigenvalue weighted by Crippen LogP contribution is -2.58. The molecule has 0 spiro atoms. The van der Waals surface area contributed by atoms with Gasteiger partial charge in [-0.2, -0.15) is 0 Å². The lowest BCUT2D eigenvalue weighted by atomic mass is 9.87. The van der Waals surface area contributed by atoms with Crippen LogP contribution >= 0.6 is 11.6 Å². The van der Waals surface area contributed by atoms with Crippen LogP contribution in [0.15, 0.2) is 72.8 Å². The van der Waals surface area contributed by atoms with E-state index >= 15 is 0 Å². The molecule has 4 nitrogen and oxygen atoms in total. The number of carbonyl (C=O) groups excluding carboxylic acids is 2. The fourth-order valence-electron chi connectivity index (χ4n) is 5.55. The minimum Gasteiger partial charge on any atom is -0.319 e. The number of benzene rings is 3. The number of carbonyl (C=O) groups is 2. The van der Waals surface area contributed by atoms with Crippen LogP contribution in [-0.2, 0) is 0 Å². The van der Waals surface area contributed by atoms with Crippen LogP contribution in [0.25, 0.3) is 0 Å². The van der Waals surface area contributed by atoms with E-state index in [-0.39, 0.29) is 23.7 Å². The number of halogens is 1. The zero-order valence-corrected chi connectivity index (χ0v) is 19.8. The molecule has 5 rings (SSSR count). The van der Waals surface area contributed by atoms with E-state index in [0.717, 1.165) is 30.8 Å². The predicted octanol–water partition coefficient (Wildman–Crippen LogP) is 5.49. The average Bonchev–Trinajstić information content (AvgIpc) is 3.11. The number of Topliss-reactive ketones (excluding diaryl/α,β-unsaturated/α-hetero) is 1. The molecule has 0 N–H and O–H groups in total. The number of quaternary nitrogens is 1. The maximum Gasteiger partial charge on any atom is 0.260 e. The summed E-state index contributed by atoms with van der Waals surface area (Å²) >= 11 is 6.40. The van der Waals surface area contributed by atoms with Crippen LogP contribution in [0.3, 0.4) is 0 Å². The summed E-state index contributed by atoms with van der Waals surface area (Å²) < 4.78 is 0.677. The second kappa shape index (κ2) is 8.44.